The molecule has 0 saturated heterocycles. The number of halogens is 1. The Morgan fingerprint density at radius 2 is 1.79 bits per heavy atom. The second kappa shape index (κ2) is 6.15. The van der Waals surface area contributed by atoms with Crippen molar-refractivity contribution >= 4 is 21.8 Å². The first-order chi connectivity index (χ1) is 9.06. The first kappa shape index (κ1) is 15.3. The topological polar surface area (TPSA) is 29.1 Å². The van der Waals surface area contributed by atoms with E-state index in [1.54, 1.807) is 0 Å². The van der Waals surface area contributed by atoms with E-state index in [0.29, 0.717) is 5.91 Å². The summed E-state index contributed by atoms with van der Waals surface area (Å²) >= 11 is 3.65. The fourth-order valence-corrected chi connectivity index (χ4v) is 4.47. The zero-order chi connectivity index (χ0) is 13.9. The Morgan fingerprint density at radius 1 is 1.21 bits per heavy atom. The lowest BCUT2D eigenvalue weighted by atomic mass is 9.76. The van der Waals surface area contributed by atoms with E-state index >= 15 is 0 Å². The van der Waals surface area contributed by atoms with Crippen LogP contribution in [0.25, 0.3) is 0 Å². The summed E-state index contributed by atoms with van der Waals surface area (Å²) < 4.78 is 0. The average molecular weight is 330 g/mol. The van der Waals surface area contributed by atoms with Crippen LogP contribution in [-0.4, -0.2) is 16.8 Å². The Morgan fingerprint density at radius 3 is 2.26 bits per heavy atom. The fourth-order valence-electron chi connectivity index (χ4n) is 3.77. The summed E-state index contributed by atoms with van der Waals surface area (Å²) in [6, 6.07) is 0. The van der Waals surface area contributed by atoms with Crippen molar-refractivity contribution in [3.05, 3.63) is 0 Å². The lowest BCUT2D eigenvalue weighted by Gasteiger charge is -2.41. The van der Waals surface area contributed by atoms with Crippen LogP contribution in [0.3, 0.4) is 0 Å². The number of nitrogens with one attached hydrogen (secondary N) is 1. The molecule has 0 aromatic carbocycles. The van der Waals surface area contributed by atoms with Gasteiger partial charge in [-0.3, -0.25) is 4.79 Å². The van der Waals surface area contributed by atoms with E-state index in [4.69, 9.17) is 0 Å². The van der Waals surface area contributed by atoms with Gasteiger partial charge in [0.25, 0.3) is 0 Å². The van der Waals surface area contributed by atoms with Gasteiger partial charge in [-0.2, -0.15) is 0 Å². The van der Waals surface area contributed by atoms with Crippen LogP contribution in [-0.2, 0) is 4.79 Å². The van der Waals surface area contributed by atoms with Gasteiger partial charge in [-0.1, -0.05) is 42.6 Å². The van der Waals surface area contributed by atoms with Gasteiger partial charge in [0.1, 0.15) is 0 Å². The number of carbonyl (C=O) groups is 1. The van der Waals surface area contributed by atoms with Crippen LogP contribution < -0.4 is 5.32 Å². The molecular weight excluding hydrogens is 302 g/mol. The third-order valence-electron chi connectivity index (χ3n) is 5.58. The SMILES string of the molecule is CCC1(C(=O)NC2(CBr)CCC(C)CC2)CCCC1. The van der Waals surface area contributed by atoms with Crippen molar-refractivity contribution in [3.8, 4) is 0 Å². The fraction of sp³-hybridized carbons (Fsp3) is 0.938. The number of carbonyl (C=O) groups excluding carboxylic acids is 1. The molecule has 3 heteroatoms. The third-order valence-corrected chi connectivity index (χ3v) is 6.66. The lowest BCUT2D eigenvalue weighted by Crippen LogP contribution is -2.55. The van der Waals surface area contributed by atoms with E-state index in [0.717, 1.165) is 43.4 Å². The van der Waals surface area contributed by atoms with Crippen LogP contribution in [0.4, 0.5) is 0 Å². The minimum Gasteiger partial charge on any atom is -0.349 e. The summed E-state index contributed by atoms with van der Waals surface area (Å²) in [5.41, 5.74) is -0.0351. The van der Waals surface area contributed by atoms with Gasteiger partial charge in [-0.15, -0.1) is 0 Å². The first-order valence-corrected chi connectivity index (χ1v) is 9.07. The van der Waals surface area contributed by atoms with E-state index in [9.17, 15) is 4.79 Å². The molecule has 1 amide bonds. The Balaban J connectivity index is 2.03. The highest BCUT2D eigenvalue weighted by atomic mass is 79.9. The highest BCUT2D eigenvalue weighted by Gasteiger charge is 2.43. The zero-order valence-corrected chi connectivity index (χ0v) is 14.0. The summed E-state index contributed by atoms with van der Waals surface area (Å²) in [6.07, 6.45) is 10.4. The summed E-state index contributed by atoms with van der Waals surface area (Å²) in [4.78, 5) is 12.8. The molecule has 2 nitrogen and oxygen atoms in total. The van der Waals surface area contributed by atoms with Gasteiger partial charge < -0.3 is 5.32 Å². The van der Waals surface area contributed by atoms with E-state index in [1.165, 1.54) is 25.7 Å². The predicted molar refractivity (Wildman–Crippen MR) is 83.5 cm³/mol. The van der Waals surface area contributed by atoms with Crippen molar-refractivity contribution in [2.45, 2.75) is 77.2 Å². The zero-order valence-electron chi connectivity index (χ0n) is 12.4. The Labute approximate surface area is 126 Å². The standard InChI is InChI=1S/C16H28BrNO/c1-3-15(8-4-5-9-15)14(19)18-16(12-17)10-6-13(2)7-11-16/h13H,3-12H2,1-2H3,(H,18,19). The smallest absolute Gasteiger partial charge is 0.226 e. The van der Waals surface area contributed by atoms with E-state index in [-0.39, 0.29) is 11.0 Å². The minimum absolute atomic E-state index is 0.0222. The Bertz CT molecular complexity index is 315. The number of amides is 1. The van der Waals surface area contributed by atoms with Gasteiger partial charge in [-0.05, 0) is 50.9 Å². The maximum atomic E-state index is 12.8. The molecule has 110 valence electrons. The van der Waals surface area contributed by atoms with Gasteiger partial charge >= 0.3 is 0 Å². The molecule has 2 rings (SSSR count). The van der Waals surface area contributed by atoms with Crippen molar-refractivity contribution in [2.75, 3.05) is 5.33 Å². The van der Waals surface area contributed by atoms with Crippen molar-refractivity contribution in [2.24, 2.45) is 11.3 Å². The quantitative estimate of drug-likeness (QED) is 0.760. The number of hydrogen-bond donors (Lipinski definition) is 1. The maximum absolute atomic E-state index is 12.8. The summed E-state index contributed by atoms with van der Waals surface area (Å²) in [5.74, 6) is 1.15. The first-order valence-electron chi connectivity index (χ1n) is 7.94. The molecule has 0 atom stereocenters. The predicted octanol–water partition coefficient (Wildman–Crippen LogP) is 4.42. The number of hydrogen-bond acceptors (Lipinski definition) is 1. The largest absolute Gasteiger partial charge is 0.349 e. The lowest BCUT2D eigenvalue weighted by molar-refractivity contribution is -0.133. The molecule has 0 aliphatic heterocycles. The maximum Gasteiger partial charge on any atom is 0.226 e. The van der Waals surface area contributed by atoms with Crippen LogP contribution in [0, 0.1) is 11.3 Å². The molecule has 2 fully saturated rings. The Kier molecular flexibility index (Phi) is 4.97. The highest BCUT2D eigenvalue weighted by molar-refractivity contribution is 9.09. The van der Waals surface area contributed by atoms with Gasteiger partial charge in [-0.25, -0.2) is 0 Å². The molecule has 0 heterocycles. The molecule has 2 aliphatic carbocycles. The monoisotopic (exact) mass is 329 g/mol. The van der Waals surface area contributed by atoms with Gasteiger partial charge in [0.15, 0.2) is 0 Å². The van der Waals surface area contributed by atoms with Crippen LogP contribution >= 0.6 is 15.9 Å². The molecule has 0 unspecified atom stereocenters. The average Bonchev–Trinajstić information content (AvgIpc) is 2.92. The van der Waals surface area contributed by atoms with Crippen LogP contribution in [0.1, 0.15) is 71.6 Å². The molecule has 0 bridgehead atoms. The van der Waals surface area contributed by atoms with Crippen LogP contribution in [0.5, 0.6) is 0 Å². The van der Waals surface area contributed by atoms with Crippen LogP contribution in [0.15, 0.2) is 0 Å². The van der Waals surface area contributed by atoms with Gasteiger partial charge in [0, 0.05) is 16.3 Å². The minimum atomic E-state index is -0.0573. The molecular formula is C16H28BrNO. The molecule has 0 spiro atoms. The molecule has 2 aliphatic rings. The number of rotatable bonds is 4. The van der Waals surface area contributed by atoms with Gasteiger partial charge in [0.05, 0.1) is 0 Å². The third kappa shape index (κ3) is 3.17. The second-order valence-electron chi connectivity index (χ2n) is 6.89. The molecule has 0 radical (unpaired) electrons. The molecule has 1 N–H and O–H groups in total. The van der Waals surface area contributed by atoms with E-state index in [2.05, 4.69) is 35.1 Å². The molecule has 19 heavy (non-hydrogen) atoms. The van der Waals surface area contributed by atoms with Crippen molar-refractivity contribution in [1.29, 1.82) is 0 Å². The van der Waals surface area contributed by atoms with Crippen LogP contribution in [0.2, 0.25) is 0 Å². The number of alkyl halides is 1. The summed E-state index contributed by atoms with van der Waals surface area (Å²) in [7, 11) is 0. The molecule has 0 aromatic heterocycles. The van der Waals surface area contributed by atoms with E-state index in [1.807, 2.05) is 0 Å². The highest BCUT2D eigenvalue weighted by Crippen LogP contribution is 2.42. The van der Waals surface area contributed by atoms with Crippen molar-refractivity contribution in [3.63, 3.8) is 0 Å². The van der Waals surface area contributed by atoms with Gasteiger partial charge in [0.2, 0.25) is 5.91 Å². The van der Waals surface area contributed by atoms with Crippen molar-refractivity contribution < 1.29 is 4.79 Å². The molecule has 2 saturated carbocycles. The Hall–Kier alpha value is -0.0500. The van der Waals surface area contributed by atoms with Crippen molar-refractivity contribution in [1.82, 2.24) is 5.32 Å². The van der Waals surface area contributed by atoms with E-state index < -0.39 is 0 Å². The summed E-state index contributed by atoms with van der Waals surface area (Å²) in [5, 5.41) is 4.35. The second-order valence-corrected chi connectivity index (χ2v) is 7.45. The normalized spacial score (nSPS) is 34.2. The molecule has 0 aromatic rings. The summed E-state index contributed by atoms with van der Waals surface area (Å²) in [6.45, 7) is 4.50.